The standard InChI is InChI=1S/C27H30N2O5/c1-5-14-27(26(33)34-6-2)22-21(23(28-27)20-13-8-7-10-16(20)3)24(31)29(25(22)32)19-12-9-11-18(15-19)17(4)30/h7-13,15,21-23,28H,5-6,14H2,1-4H3/t21-,22+,23-,27+/m0/s1. The summed E-state index contributed by atoms with van der Waals surface area (Å²) in [5.41, 5.74) is 1.28. The van der Waals surface area contributed by atoms with Crippen LogP contribution in [0.3, 0.4) is 0 Å². The summed E-state index contributed by atoms with van der Waals surface area (Å²) in [5.74, 6) is -3.18. The molecule has 4 rings (SSSR count). The van der Waals surface area contributed by atoms with E-state index in [1.807, 2.05) is 38.1 Å². The van der Waals surface area contributed by atoms with Gasteiger partial charge < -0.3 is 4.74 Å². The number of Topliss-reactive ketones (excluding diaryl/α,β-unsaturated/α-hetero) is 1. The largest absolute Gasteiger partial charge is 0.465 e. The number of anilines is 1. The van der Waals surface area contributed by atoms with Crippen LogP contribution in [-0.4, -0.2) is 35.7 Å². The van der Waals surface area contributed by atoms with Gasteiger partial charge in [0, 0.05) is 11.6 Å². The summed E-state index contributed by atoms with van der Waals surface area (Å²) >= 11 is 0. The van der Waals surface area contributed by atoms with E-state index in [0.29, 0.717) is 24.1 Å². The molecule has 2 saturated heterocycles. The minimum absolute atomic E-state index is 0.160. The third-order valence-electron chi connectivity index (χ3n) is 6.97. The van der Waals surface area contributed by atoms with Gasteiger partial charge in [-0.3, -0.25) is 24.5 Å². The topological polar surface area (TPSA) is 92.8 Å². The highest BCUT2D eigenvalue weighted by Crippen LogP contribution is 2.52. The van der Waals surface area contributed by atoms with E-state index in [2.05, 4.69) is 5.32 Å². The van der Waals surface area contributed by atoms with Crippen LogP contribution in [0.1, 0.15) is 61.1 Å². The molecule has 2 heterocycles. The SMILES string of the molecule is CCC[C@@]1(C(=O)OCC)N[C@@H](c2ccccc2C)[C@H]2C(=O)N(c3cccc(C(C)=O)c3)C(=O)[C@@H]21. The number of hydrogen-bond acceptors (Lipinski definition) is 6. The molecule has 7 nitrogen and oxygen atoms in total. The molecule has 2 fully saturated rings. The van der Waals surface area contributed by atoms with E-state index in [9.17, 15) is 19.2 Å². The van der Waals surface area contributed by atoms with E-state index in [4.69, 9.17) is 4.74 Å². The molecular formula is C27H30N2O5. The number of ether oxygens (including phenoxy) is 1. The van der Waals surface area contributed by atoms with Gasteiger partial charge >= 0.3 is 5.97 Å². The van der Waals surface area contributed by atoms with Crippen molar-refractivity contribution in [3.8, 4) is 0 Å². The molecule has 0 unspecified atom stereocenters. The van der Waals surface area contributed by atoms with Crippen LogP contribution >= 0.6 is 0 Å². The summed E-state index contributed by atoms with van der Waals surface area (Å²) in [5, 5.41) is 3.41. The minimum Gasteiger partial charge on any atom is -0.465 e. The van der Waals surface area contributed by atoms with Crippen molar-refractivity contribution in [2.75, 3.05) is 11.5 Å². The molecule has 2 aromatic rings. The molecule has 2 amide bonds. The molecule has 2 aliphatic rings. The van der Waals surface area contributed by atoms with Crippen LogP contribution in [0.25, 0.3) is 0 Å². The van der Waals surface area contributed by atoms with Crippen LogP contribution < -0.4 is 10.2 Å². The van der Waals surface area contributed by atoms with Gasteiger partial charge in [0.2, 0.25) is 11.8 Å². The maximum Gasteiger partial charge on any atom is 0.327 e. The summed E-state index contributed by atoms with van der Waals surface area (Å²) in [6, 6.07) is 13.7. The monoisotopic (exact) mass is 462 g/mol. The maximum absolute atomic E-state index is 13.9. The van der Waals surface area contributed by atoms with E-state index < -0.39 is 35.3 Å². The minimum atomic E-state index is -1.32. The Bertz CT molecular complexity index is 1160. The number of esters is 1. The maximum atomic E-state index is 13.9. The molecule has 178 valence electrons. The number of fused-ring (bicyclic) bond motifs is 1. The fraction of sp³-hybridized carbons (Fsp3) is 0.407. The number of hydrogen-bond donors (Lipinski definition) is 1. The Labute approximate surface area is 199 Å². The zero-order valence-electron chi connectivity index (χ0n) is 20.0. The summed E-state index contributed by atoms with van der Waals surface area (Å²) in [6.45, 7) is 7.22. The van der Waals surface area contributed by atoms with Crippen molar-refractivity contribution >= 4 is 29.3 Å². The van der Waals surface area contributed by atoms with Gasteiger partial charge in [-0.1, -0.05) is 49.7 Å². The smallest absolute Gasteiger partial charge is 0.327 e. The lowest BCUT2D eigenvalue weighted by Crippen LogP contribution is -2.56. The lowest BCUT2D eigenvalue weighted by atomic mass is 9.76. The number of nitrogens with one attached hydrogen (secondary N) is 1. The zero-order valence-corrected chi connectivity index (χ0v) is 20.0. The van der Waals surface area contributed by atoms with E-state index in [0.717, 1.165) is 16.0 Å². The average molecular weight is 463 g/mol. The second-order valence-electron chi connectivity index (χ2n) is 9.04. The molecule has 7 heteroatoms. The number of benzene rings is 2. The predicted molar refractivity (Wildman–Crippen MR) is 127 cm³/mol. The lowest BCUT2D eigenvalue weighted by Gasteiger charge is -2.33. The number of rotatable bonds is 7. The fourth-order valence-corrected chi connectivity index (χ4v) is 5.50. The molecule has 2 aliphatic heterocycles. The third kappa shape index (κ3) is 3.64. The number of imide groups is 1. The molecule has 0 spiro atoms. The van der Waals surface area contributed by atoms with E-state index in [-0.39, 0.29) is 18.3 Å². The molecule has 0 saturated carbocycles. The summed E-state index contributed by atoms with van der Waals surface area (Å²) in [4.78, 5) is 54.3. The third-order valence-corrected chi connectivity index (χ3v) is 6.97. The second-order valence-corrected chi connectivity index (χ2v) is 9.04. The van der Waals surface area contributed by atoms with Crippen LogP contribution in [0.15, 0.2) is 48.5 Å². The van der Waals surface area contributed by atoms with E-state index >= 15 is 0 Å². The first-order valence-corrected chi connectivity index (χ1v) is 11.8. The van der Waals surface area contributed by atoms with Gasteiger partial charge in [-0.05, 0) is 50.5 Å². The Kier molecular flexibility index (Phi) is 6.41. The van der Waals surface area contributed by atoms with Crippen LogP contribution in [0, 0.1) is 18.8 Å². The molecule has 4 atom stereocenters. The first kappa shape index (κ1) is 23.8. The molecule has 34 heavy (non-hydrogen) atoms. The first-order valence-electron chi connectivity index (χ1n) is 11.8. The van der Waals surface area contributed by atoms with Crippen molar-refractivity contribution in [1.29, 1.82) is 0 Å². The quantitative estimate of drug-likeness (QED) is 0.383. The van der Waals surface area contributed by atoms with Crippen molar-refractivity contribution in [2.45, 2.75) is 52.1 Å². The number of carbonyl (C=O) groups is 4. The fourth-order valence-electron chi connectivity index (χ4n) is 5.50. The van der Waals surface area contributed by atoms with Crippen LogP contribution in [0.5, 0.6) is 0 Å². The number of ketones is 1. The summed E-state index contributed by atoms with van der Waals surface area (Å²) in [7, 11) is 0. The van der Waals surface area contributed by atoms with Crippen molar-refractivity contribution in [2.24, 2.45) is 11.8 Å². The van der Waals surface area contributed by atoms with E-state index in [1.54, 1.807) is 31.2 Å². The Hall–Kier alpha value is -3.32. The normalized spacial score (nSPS) is 26.0. The molecular weight excluding hydrogens is 432 g/mol. The molecule has 0 aromatic heterocycles. The predicted octanol–water partition coefficient (Wildman–Crippen LogP) is 3.75. The van der Waals surface area contributed by atoms with Crippen molar-refractivity contribution < 1.29 is 23.9 Å². The first-order chi connectivity index (χ1) is 16.3. The highest BCUT2D eigenvalue weighted by molar-refractivity contribution is 6.24. The van der Waals surface area contributed by atoms with Crippen LogP contribution in [0.4, 0.5) is 5.69 Å². The van der Waals surface area contributed by atoms with Crippen LogP contribution in [0.2, 0.25) is 0 Å². The molecule has 0 aliphatic carbocycles. The Morgan fingerprint density at radius 3 is 2.44 bits per heavy atom. The molecule has 2 aromatic carbocycles. The van der Waals surface area contributed by atoms with E-state index in [1.165, 1.54) is 6.92 Å². The second kappa shape index (κ2) is 9.14. The number of nitrogens with zero attached hydrogens (tertiary/aromatic N) is 1. The number of carbonyl (C=O) groups excluding carboxylic acids is 4. The number of aryl methyl sites for hydroxylation is 1. The Morgan fingerprint density at radius 1 is 1.06 bits per heavy atom. The van der Waals surface area contributed by atoms with Gasteiger partial charge in [-0.25, -0.2) is 4.90 Å². The van der Waals surface area contributed by atoms with Crippen molar-refractivity contribution in [3.63, 3.8) is 0 Å². The summed E-state index contributed by atoms with van der Waals surface area (Å²) in [6.07, 6.45) is 0.979. The highest BCUT2D eigenvalue weighted by atomic mass is 16.5. The molecule has 0 bridgehead atoms. The average Bonchev–Trinajstić information content (AvgIpc) is 3.29. The van der Waals surface area contributed by atoms with Gasteiger partial charge in [0.25, 0.3) is 0 Å². The van der Waals surface area contributed by atoms with Gasteiger partial charge in [0.15, 0.2) is 5.78 Å². The Balaban J connectivity index is 1.88. The Morgan fingerprint density at radius 2 is 1.79 bits per heavy atom. The van der Waals surface area contributed by atoms with Gasteiger partial charge in [0.1, 0.15) is 5.54 Å². The molecule has 0 radical (unpaired) electrons. The zero-order chi connectivity index (χ0) is 24.6. The number of amides is 2. The van der Waals surface area contributed by atoms with Gasteiger partial charge in [-0.2, -0.15) is 0 Å². The van der Waals surface area contributed by atoms with Crippen molar-refractivity contribution in [3.05, 3.63) is 65.2 Å². The van der Waals surface area contributed by atoms with Gasteiger partial charge in [-0.15, -0.1) is 0 Å². The molecule has 1 N–H and O–H groups in total. The lowest BCUT2D eigenvalue weighted by molar-refractivity contribution is -0.155. The summed E-state index contributed by atoms with van der Waals surface area (Å²) < 4.78 is 5.45. The van der Waals surface area contributed by atoms with Crippen LogP contribution in [-0.2, 0) is 19.1 Å². The van der Waals surface area contributed by atoms with Gasteiger partial charge in [0.05, 0.1) is 24.1 Å². The van der Waals surface area contributed by atoms with Crippen molar-refractivity contribution in [1.82, 2.24) is 5.32 Å². The highest BCUT2D eigenvalue weighted by Gasteiger charge is 2.68.